The van der Waals surface area contributed by atoms with Crippen LogP contribution in [-0.4, -0.2) is 16.4 Å². The van der Waals surface area contributed by atoms with Crippen LogP contribution in [0.3, 0.4) is 0 Å². The number of carboxylic acid groups (broad SMARTS) is 2. The van der Waals surface area contributed by atoms with Gasteiger partial charge in [0, 0.05) is 35.6 Å². The van der Waals surface area contributed by atoms with Crippen molar-refractivity contribution in [2.24, 2.45) is 0 Å². The Balaban J connectivity index is -0.0000000720. The molecule has 0 unspecified atom stereocenters. The Morgan fingerprint density at radius 1 is 1.22 bits per heavy atom. The van der Waals surface area contributed by atoms with Crippen molar-refractivity contribution < 1.29 is 76.3 Å². The molecule has 0 heterocycles. The van der Waals surface area contributed by atoms with E-state index in [0.29, 0.717) is 0 Å². The number of halogens is 3. The van der Waals surface area contributed by atoms with E-state index >= 15 is 0 Å². The van der Waals surface area contributed by atoms with Gasteiger partial charge in [0.15, 0.2) is 0 Å². The van der Waals surface area contributed by atoms with Crippen molar-refractivity contribution in [3.05, 3.63) is 0 Å². The average molecular weight is 446 g/mol. The number of carbonyl (C=O) groups is 1. The Hall–Kier alpha value is 2.53. The average Bonchev–Trinajstić information content (AvgIpc) is 1.25. The molecular weight excluding hydrogens is 444 g/mol. The van der Waals surface area contributed by atoms with Crippen molar-refractivity contribution in [1.82, 2.24) is 0 Å². The molecule has 0 aliphatic rings. The quantitative estimate of drug-likeness (QED) is 0.601. The zero-order chi connectivity index (χ0) is 7.15. The molecule has 8 heteroatoms. The molecule has 0 aliphatic heterocycles. The van der Waals surface area contributed by atoms with Gasteiger partial charge in [0.05, 0.1) is 0 Å². The molecule has 0 saturated carbocycles. The van der Waals surface area contributed by atoms with Crippen LogP contribution in [0.25, 0.3) is 0 Å². The Labute approximate surface area is 100 Å². The van der Waals surface area contributed by atoms with Crippen LogP contribution >= 0.6 is 20.4 Å². The van der Waals surface area contributed by atoms with E-state index in [4.69, 9.17) is 35.4 Å². The summed E-state index contributed by atoms with van der Waals surface area (Å²) in [5, 5.41) is 13.9. The second-order valence-corrected chi connectivity index (χ2v) is 16.5. The van der Waals surface area contributed by atoms with E-state index < -0.39 is 31.8 Å². The van der Waals surface area contributed by atoms with Crippen LogP contribution < -0.4 is 0 Å². The molecule has 0 aromatic heterocycles. The van der Waals surface area contributed by atoms with Crippen molar-refractivity contribution in [3.8, 4) is 0 Å². The predicted octanol–water partition coefficient (Wildman–Crippen LogP) is 2.29. The van der Waals surface area contributed by atoms with E-state index in [1.807, 2.05) is 0 Å². The van der Waals surface area contributed by atoms with Gasteiger partial charge >= 0.3 is 52.2 Å². The molecule has 0 aromatic rings. The van der Waals surface area contributed by atoms with Crippen molar-refractivity contribution in [1.29, 1.82) is 0 Å². The van der Waals surface area contributed by atoms with Gasteiger partial charge in [0.2, 0.25) is 0 Å². The largest absolute Gasteiger partial charge is 0 e. The molecule has 0 spiro atoms. The van der Waals surface area contributed by atoms with Crippen molar-refractivity contribution in [2.75, 3.05) is 0 Å². The summed E-state index contributed by atoms with van der Waals surface area (Å²) in [4.78, 5) is 8.56. The maximum absolute atomic E-state index is 8.56. The fourth-order valence-electron chi connectivity index (χ4n) is 0. The summed E-state index contributed by atoms with van der Waals surface area (Å²) in [6, 6.07) is 0. The second-order valence-electron chi connectivity index (χ2n) is 0.530. The van der Waals surface area contributed by atoms with Gasteiger partial charge in [-0.1, -0.05) is 0 Å². The summed E-state index contributed by atoms with van der Waals surface area (Å²) >= 11 is -2.31. The third-order valence-corrected chi connectivity index (χ3v) is 0. The fourth-order valence-corrected chi connectivity index (χ4v) is 0. The molecule has 0 aliphatic carbocycles. The molecule has 9 heavy (non-hydrogen) atoms. The number of hydrogen-bond donors (Lipinski definition) is 2. The van der Waals surface area contributed by atoms with E-state index in [1.165, 1.54) is 0 Å². The van der Waals surface area contributed by atoms with Gasteiger partial charge < -0.3 is 10.2 Å². The first-order valence-electron chi connectivity index (χ1n) is 1.31. The van der Waals surface area contributed by atoms with Crippen molar-refractivity contribution >= 4 is 26.5 Å². The monoisotopic (exact) mass is 445 g/mol. The Kier molecular flexibility index (Phi) is 25.7. The van der Waals surface area contributed by atoms with E-state index in [-0.39, 0.29) is 35.6 Å². The maximum atomic E-state index is 8.56. The number of rotatable bonds is 0. The normalized spacial score (nSPS) is 5.67. The van der Waals surface area contributed by atoms with Crippen LogP contribution in [-0.2, 0) is 0 Å². The first-order chi connectivity index (χ1) is 3.46. The summed E-state index contributed by atoms with van der Waals surface area (Å²) in [6.45, 7) is 15.1. The van der Waals surface area contributed by atoms with Crippen LogP contribution in [0.2, 0.25) is 0 Å². The molecular formula is CH2Cl3La2O3. The Bertz CT molecular complexity index is 61.3. The molecule has 0 amide bonds. The zero-order valence-electron chi connectivity index (χ0n) is 4.09. The Morgan fingerprint density at radius 3 is 1.22 bits per heavy atom. The van der Waals surface area contributed by atoms with Crippen LogP contribution in [0.4, 0.5) is 4.79 Å². The Morgan fingerprint density at radius 2 is 1.22 bits per heavy atom. The second kappa shape index (κ2) is 13.1. The molecule has 0 fully saturated rings. The van der Waals surface area contributed by atoms with Crippen LogP contribution in [0.15, 0.2) is 0 Å². The minimum absolute atomic E-state index is 0. The van der Waals surface area contributed by atoms with E-state index in [2.05, 4.69) is 0 Å². The minimum atomic E-state index is -2.31. The molecule has 0 aromatic carbocycles. The molecule has 1 radical (unpaired) electrons. The van der Waals surface area contributed by atoms with Crippen LogP contribution in [0, 0.1) is 61.3 Å². The van der Waals surface area contributed by atoms with Gasteiger partial charge in [0.1, 0.15) is 0 Å². The molecule has 0 bridgehead atoms. The van der Waals surface area contributed by atoms with Crippen LogP contribution in [0.1, 0.15) is 0 Å². The molecule has 3 nitrogen and oxygen atoms in total. The number of hydrogen-bond acceptors (Lipinski definition) is 1. The van der Waals surface area contributed by atoms with Gasteiger partial charge in [-0.3, -0.25) is 0 Å². The zero-order valence-corrected chi connectivity index (χ0v) is 13.6. The third-order valence-electron chi connectivity index (χ3n) is 0. The van der Waals surface area contributed by atoms with Crippen molar-refractivity contribution in [2.45, 2.75) is 0 Å². The van der Waals surface area contributed by atoms with Crippen molar-refractivity contribution in [3.63, 3.8) is 0 Å². The van der Waals surface area contributed by atoms with Gasteiger partial charge in [-0.05, 0) is 0 Å². The SMILES string of the molecule is O=C(O)O.[Cl][La]([Cl])[Cl].[La]. The molecule has 0 rings (SSSR count). The summed E-state index contributed by atoms with van der Waals surface area (Å²) in [7, 11) is 0. The van der Waals surface area contributed by atoms with Gasteiger partial charge in [-0.2, -0.15) is 0 Å². The minimum Gasteiger partial charge on any atom is 0 e. The maximum Gasteiger partial charge on any atom is 0 e. The molecule has 0 atom stereocenters. The van der Waals surface area contributed by atoms with E-state index in [9.17, 15) is 0 Å². The smallest absolute Gasteiger partial charge is 0 e. The van der Waals surface area contributed by atoms with Gasteiger partial charge in [-0.25, -0.2) is 4.79 Å². The summed E-state index contributed by atoms with van der Waals surface area (Å²) in [5.74, 6) is 0. The standard InChI is InChI=1S/CH2O3.3ClH.2La/c2-1(3)4;;;;;/h(H2,2,3,4);3*1H;;/q;;;;;+3/p-3. The fraction of sp³-hybridized carbons (Fsp3) is 0. The summed E-state index contributed by atoms with van der Waals surface area (Å²) < 4.78 is 0. The van der Waals surface area contributed by atoms with E-state index in [1.54, 1.807) is 0 Å². The topological polar surface area (TPSA) is 57.5 Å². The van der Waals surface area contributed by atoms with Crippen LogP contribution in [0.5, 0.6) is 0 Å². The van der Waals surface area contributed by atoms with Gasteiger partial charge in [-0.15, -0.1) is 0 Å². The molecule has 2 N–H and O–H groups in total. The third kappa shape index (κ3) is 120. The van der Waals surface area contributed by atoms with Gasteiger partial charge in [0.25, 0.3) is 0 Å². The molecule has 0 saturated heterocycles. The molecule has 51 valence electrons. The predicted molar refractivity (Wildman–Crippen MR) is 28.2 cm³/mol. The van der Waals surface area contributed by atoms with E-state index in [0.717, 1.165) is 0 Å². The summed E-state index contributed by atoms with van der Waals surface area (Å²) in [6.07, 6.45) is -1.83. The first kappa shape index (κ1) is 17.6. The first-order valence-corrected chi connectivity index (χ1v) is 14.9. The summed E-state index contributed by atoms with van der Waals surface area (Å²) in [5.41, 5.74) is 0.